The average molecular weight is 536 g/mol. The van der Waals surface area contributed by atoms with Crippen LogP contribution in [-0.4, -0.2) is 32.1 Å². The number of carboxylic acids is 1. The highest BCUT2D eigenvalue weighted by Crippen LogP contribution is 2.39. The Labute approximate surface area is 231 Å². The van der Waals surface area contributed by atoms with Crippen LogP contribution in [0, 0.1) is 5.41 Å². The number of carbonyl (C=O) groups is 2. The van der Waals surface area contributed by atoms with Crippen LogP contribution in [0.5, 0.6) is 0 Å². The lowest BCUT2D eigenvalue weighted by atomic mass is 9.90. The minimum Gasteiger partial charge on any atom is -0.478 e. The fourth-order valence-corrected chi connectivity index (χ4v) is 5.45. The third-order valence-corrected chi connectivity index (χ3v) is 7.22. The third-order valence-electron chi connectivity index (χ3n) is 6.90. The largest absolute Gasteiger partial charge is 0.478 e. The zero-order chi connectivity index (χ0) is 27.7. The third kappa shape index (κ3) is 4.99. The number of fused-ring (bicyclic) bond motifs is 1. The first-order valence-electron chi connectivity index (χ1n) is 12.5. The molecule has 0 radical (unpaired) electrons. The van der Waals surface area contributed by atoms with Gasteiger partial charge in [-0.3, -0.25) is 9.78 Å². The number of hydrogen-bond acceptors (Lipinski definition) is 4. The van der Waals surface area contributed by atoms with Crippen molar-refractivity contribution in [1.29, 1.82) is 5.41 Å². The van der Waals surface area contributed by atoms with Crippen molar-refractivity contribution in [2.75, 3.05) is 0 Å². The summed E-state index contributed by atoms with van der Waals surface area (Å²) in [5.41, 5.74) is 5.39. The number of pyridine rings is 1. The molecule has 6 nitrogen and oxygen atoms in total. The van der Waals surface area contributed by atoms with Gasteiger partial charge < -0.3 is 15.1 Å². The van der Waals surface area contributed by atoms with Crippen LogP contribution in [0.15, 0.2) is 97.3 Å². The van der Waals surface area contributed by atoms with Gasteiger partial charge in [-0.1, -0.05) is 66.2 Å². The van der Waals surface area contributed by atoms with Crippen LogP contribution in [0.1, 0.15) is 53.0 Å². The highest BCUT2D eigenvalue weighted by atomic mass is 35.5. The lowest BCUT2D eigenvalue weighted by Crippen LogP contribution is -2.17. The Bertz CT molecular complexity index is 1660. The van der Waals surface area contributed by atoms with Gasteiger partial charge in [0.1, 0.15) is 11.8 Å². The molecule has 0 bridgehead atoms. The van der Waals surface area contributed by atoms with Crippen LogP contribution in [0.4, 0.5) is 0 Å². The van der Waals surface area contributed by atoms with Crippen LogP contribution < -0.4 is 0 Å². The number of ketones is 1. The molecule has 2 heterocycles. The summed E-state index contributed by atoms with van der Waals surface area (Å²) in [7, 11) is 0. The van der Waals surface area contributed by atoms with Gasteiger partial charge in [-0.2, -0.15) is 0 Å². The molecule has 2 atom stereocenters. The molecule has 0 aliphatic rings. The number of hydrogen-bond donors (Lipinski definition) is 2. The molecule has 39 heavy (non-hydrogen) atoms. The Morgan fingerprint density at radius 2 is 1.67 bits per heavy atom. The Morgan fingerprint density at radius 1 is 0.923 bits per heavy atom. The monoisotopic (exact) mass is 535 g/mol. The predicted molar refractivity (Wildman–Crippen MR) is 154 cm³/mol. The number of carbonyl (C=O) groups excluding carboxylic acids is 1. The molecule has 3 aromatic carbocycles. The minimum atomic E-state index is -1.09. The van der Waals surface area contributed by atoms with E-state index in [-0.39, 0.29) is 28.1 Å². The highest BCUT2D eigenvalue weighted by Gasteiger charge is 2.25. The number of Topliss-reactive ketones (excluding diaryl/α,β-unsaturated/α-hetero) is 1. The summed E-state index contributed by atoms with van der Waals surface area (Å²) in [6.07, 6.45) is 3.78. The van der Waals surface area contributed by atoms with Crippen LogP contribution in [-0.2, 0) is 4.79 Å². The van der Waals surface area contributed by atoms with E-state index in [0.717, 1.165) is 38.9 Å². The topological polar surface area (TPSA) is 96.0 Å². The maximum atomic E-state index is 12.5. The first kappa shape index (κ1) is 26.1. The summed E-state index contributed by atoms with van der Waals surface area (Å²) >= 11 is 6.36. The Morgan fingerprint density at radius 3 is 2.28 bits per heavy atom. The Balaban J connectivity index is 1.82. The molecular weight excluding hydrogens is 510 g/mol. The zero-order valence-electron chi connectivity index (χ0n) is 21.4. The van der Waals surface area contributed by atoms with Crippen molar-refractivity contribution in [1.82, 2.24) is 9.55 Å². The number of aromatic nitrogens is 2. The number of nitrogens with zero attached hydrogens (tertiary/aromatic N) is 2. The number of carboxylic acid groups (broad SMARTS) is 1. The number of halogens is 1. The number of benzene rings is 3. The van der Waals surface area contributed by atoms with Crippen LogP contribution in [0.3, 0.4) is 0 Å². The predicted octanol–water partition coefficient (Wildman–Crippen LogP) is 7.40. The van der Waals surface area contributed by atoms with E-state index >= 15 is 0 Å². The van der Waals surface area contributed by atoms with Crippen LogP contribution >= 0.6 is 11.6 Å². The molecule has 0 amide bonds. The van der Waals surface area contributed by atoms with Crippen molar-refractivity contribution in [2.24, 2.45) is 0 Å². The van der Waals surface area contributed by atoms with E-state index in [0.29, 0.717) is 0 Å². The molecule has 0 saturated carbocycles. The van der Waals surface area contributed by atoms with Gasteiger partial charge in [-0.05, 0) is 60.9 Å². The summed E-state index contributed by atoms with van der Waals surface area (Å²) in [6.45, 7) is 3.15. The molecule has 5 rings (SSSR count). The van der Waals surface area contributed by atoms with Crippen molar-refractivity contribution in [3.05, 3.63) is 125 Å². The summed E-state index contributed by atoms with van der Waals surface area (Å²) in [5, 5.41) is 18.8. The molecule has 0 aliphatic carbocycles. The van der Waals surface area contributed by atoms with E-state index in [1.807, 2.05) is 72.9 Å². The van der Waals surface area contributed by atoms with Gasteiger partial charge in [0.25, 0.3) is 0 Å². The van der Waals surface area contributed by atoms with E-state index < -0.39 is 11.9 Å². The Kier molecular flexibility index (Phi) is 7.13. The first-order chi connectivity index (χ1) is 18.8. The molecule has 0 spiro atoms. The molecular formula is C32H26ClN3O3. The van der Waals surface area contributed by atoms with E-state index in [1.54, 1.807) is 25.3 Å². The smallest absolute Gasteiger partial charge is 0.337 e. The van der Waals surface area contributed by atoms with Gasteiger partial charge in [0.2, 0.25) is 0 Å². The van der Waals surface area contributed by atoms with Gasteiger partial charge in [-0.25, -0.2) is 4.79 Å². The average Bonchev–Trinajstić information content (AvgIpc) is 3.28. The first-order valence-corrected chi connectivity index (χ1v) is 12.8. The molecule has 2 aromatic heterocycles. The van der Waals surface area contributed by atoms with E-state index in [2.05, 4.69) is 9.55 Å². The molecule has 0 saturated heterocycles. The maximum Gasteiger partial charge on any atom is 0.337 e. The lowest BCUT2D eigenvalue weighted by Gasteiger charge is -2.21. The molecule has 2 N–H and O–H groups in total. The van der Waals surface area contributed by atoms with Crippen molar-refractivity contribution < 1.29 is 14.7 Å². The highest BCUT2D eigenvalue weighted by molar-refractivity contribution is 6.33. The van der Waals surface area contributed by atoms with Crippen molar-refractivity contribution in [2.45, 2.75) is 25.8 Å². The number of rotatable bonds is 8. The van der Waals surface area contributed by atoms with E-state index in [4.69, 9.17) is 17.0 Å². The van der Waals surface area contributed by atoms with Gasteiger partial charge in [-0.15, -0.1) is 0 Å². The van der Waals surface area contributed by atoms with Crippen LogP contribution in [0.2, 0.25) is 5.02 Å². The van der Waals surface area contributed by atoms with Gasteiger partial charge in [0.05, 0.1) is 22.2 Å². The van der Waals surface area contributed by atoms with E-state index in [9.17, 15) is 14.7 Å². The SMILES string of the molecule is CC(=N)C(C(C)=O)c1ccc2c(-c3ccc(C(=O)O)c(Cl)c3)cn(C(c3ccccc3)c3ccccn3)c2c1. The van der Waals surface area contributed by atoms with Crippen LogP contribution in [0.25, 0.3) is 22.0 Å². The molecule has 194 valence electrons. The summed E-state index contributed by atoms with van der Waals surface area (Å²) in [6, 6.07) is 26.3. The zero-order valence-corrected chi connectivity index (χ0v) is 22.2. The van der Waals surface area contributed by atoms with Gasteiger partial charge in [0.15, 0.2) is 0 Å². The number of nitrogens with one attached hydrogen (secondary N) is 1. The maximum absolute atomic E-state index is 12.5. The molecule has 7 heteroatoms. The number of aromatic carboxylic acids is 1. The molecule has 0 aliphatic heterocycles. The summed E-state index contributed by atoms with van der Waals surface area (Å²) < 4.78 is 2.13. The van der Waals surface area contributed by atoms with Crippen molar-refractivity contribution >= 4 is 40.0 Å². The van der Waals surface area contributed by atoms with Crippen molar-refractivity contribution in [3.8, 4) is 11.1 Å². The van der Waals surface area contributed by atoms with E-state index in [1.165, 1.54) is 13.0 Å². The standard InChI is InChI=1S/C32H26ClN3O3/c1-19(34)30(20(2)37)23-12-13-24-26(22-11-14-25(32(38)39)27(33)16-22)18-36(29(24)17-23)31(21-8-4-3-5-9-21)28-10-6-7-15-35-28/h3-18,30-31,34H,1-2H3,(H,38,39). The fraction of sp³-hybridized carbons (Fsp3) is 0.125. The minimum absolute atomic E-state index is 0.0350. The molecule has 2 unspecified atom stereocenters. The van der Waals surface area contributed by atoms with Crippen molar-refractivity contribution in [3.63, 3.8) is 0 Å². The normalized spacial score (nSPS) is 12.7. The lowest BCUT2D eigenvalue weighted by molar-refractivity contribution is -0.117. The Hall–Kier alpha value is -4.55. The summed E-state index contributed by atoms with van der Waals surface area (Å²) in [5.74, 6) is -1.83. The second-order valence-electron chi connectivity index (χ2n) is 9.52. The van der Waals surface area contributed by atoms with Gasteiger partial charge in [0, 0.05) is 34.6 Å². The fourth-order valence-electron chi connectivity index (χ4n) is 5.18. The molecule has 0 fully saturated rings. The van der Waals surface area contributed by atoms with Gasteiger partial charge >= 0.3 is 5.97 Å². The summed E-state index contributed by atoms with van der Waals surface area (Å²) in [4.78, 5) is 28.8. The second-order valence-corrected chi connectivity index (χ2v) is 9.93. The second kappa shape index (κ2) is 10.7. The molecule has 5 aromatic rings. The quantitative estimate of drug-likeness (QED) is 0.202.